The molecular formula is C14H46O21Si15. The summed E-state index contributed by atoms with van der Waals surface area (Å²) in [6, 6.07) is 0. The first kappa shape index (κ1) is 40.6. The second kappa shape index (κ2) is 12.0. The van der Waals surface area contributed by atoms with Crippen LogP contribution < -0.4 is 0 Å². The van der Waals surface area contributed by atoms with E-state index < -0.39 is 124 Å². The summed E-state index contributed by atoms with van der Waals surface area (Å²) in [4.78, 5) is 0. The van der Waals surface area contributed by atoms with Crippen molar-refractivity contribution in [2.75, 3.05) is 0 Å². The molecule has 4 atom stereocenters. The quantitative estimate of drug-likeness (QED) is 0.318. The van der Waals surface area contributed by atoms with Crippen LogP contribution in [0.1, 0.15) is 0 Å². The lowest BCUT2D eigenvalue weighted by molar-refractivity contribution is -0.0195. The van der Waals surface area contributed by atoms with E-state index in [1.165, 1.54) is 0 Å². The topological polar surface area (TPSA) is 194 Å². The molecule has 36 heteroatoms. The molecule has 0 aromatic rings. The summed E-state index contributed by atoms with van der Waals surface area (Å²) in [7, 11) is -43.4. The molecule has 0 aliphatic carbocycles. The minimum atomic E-state index is -3.43. The smallest absolute Gasteiger partial charge is 0.425 e. The van der Waals surface area contributed by atoms with Crippen molar-refractivity contribution in [3.05, 3.63) is 0 Å². The standard InChI is InChI=1S/C8H28O12Si9.C6H18O9Si6/c1-22-10-24(3)14-26(5)12-23(2,9-21)13-27(6)15-25(4,11-22)17-28(7,16-24)20-29(8,18-26)19-27;1-16-7-17(2)9-18(3,8-16)15-21(6)11-19(4,13-16)10-20(5,12-21)14-17/h22H,1-8,21H3;1-6H3. The SMILES string of the molecule is C[SiH]1O[Si]2(C)O[Si]3(C)O[Si](C)(O[SiH3])O[Si]4(C)O[Si](C)(O1)O[Si](C)(O2)O[Si](C)(O3)O4.C[Si]12O[Si]3(C)O[Si](C)(O1)O[Si]1(C)O[Si](C)(O[Si](C)(O1)O3)O2. The van der Waals surface area contributed by atoms with Gasteiger partial charge in [0.05, 0.1) is 0 Å². The van der Waals surface area contributed by atoms with Gasteiger partial charge in [0.15, 0.2) is 0 Å². The molecule has 12 bridgehead atoms. The minimum absolute atomic E-state index is 0.389. The second-order valence-electron chi connectivity index (χ2n) is 14.1. The first-order chi connectivity index (χ1) is 22.4. The highest BCUT2D eigenvalue weighted by Crippen LogP contribution is 2.48. The molecule has 4 unspecified atom stereocenters. The zero-order valence-corrected chi connectivity index (χ0v) is 46.8. The highest BCUT2D eigenvalue weighted by Gasteiger charge is 2.78. The lowest BCUT2D eigenvalue weighted by atomic mass is 11.9. The maximum Gasteiger partial charge on any atom is 0.475 e. The first-order valence-electron chi connectivity index (χ1n) is 15.9. The number of fused-ring (bicyclic) bond motifs is 4. The number of rotatable bonds is 1. The van der Waals surface area contributed by atoms with E-state index >= 15 is 0 Å². The maximum absolute atomic E-state index is 6.45. The van der Waals surface area contributed by atoms with Crippen molar-refractivity contribution in [2.45, 2.75) is 91.7 Å². The van der Waals surface area contributed by atoms with E-state index in [4.69, 9.17) is 86.4 Å². The Labute approximate surface area is 310 Å². The minimum Gasteiger partial charge on any atom is -0.425 e. The zero-order chi connectivity index (χ0) is 36.9. The molecule has 9 rings (SSSR count). The van der Waals surface area contributed by atoms with Crippen molar-refractivity contribution in [1.29, 1.82) is 0 Å². The van der Waals surface area contributed by atoms with Crippen LogP contribution in [0.3, 0.4) is 0 Å². The summed E-state index contributed by atoms with van der Waals surface area (Å²) in [6.07, 6.45) is 0. The van der Waals surface area contributed by atoms with Crippen LogP contribution in [-0.2, 0) is 86.4 Å². The molecule has 50 heavy (non-hydrogen) atoms. The largest absolute Gasteiger partial charge is 0.475 e. The van der Waals surface area contributed by atoms with Crippen molar-refractivity contribution in [3.63, 3.8) is 0 Å². The average molecular weight is 972 g/mol. The van der Waals surface area contributed by atoms with Crippen molar-refractivity contribution in [2.24, 2.45) is 0 Å². The fourth-order valence-electron chi connectivity index (χ4n) is 7.56. The van der Waals surface area contributed by atoms with Gasteiger partial charge in [-0.1, -0.05) is 0 Å². The van der Waals surface area contributed by atoms with Crippen LogP contribution in [0.2, 0.25) is 91.7 Å². The lowest BCUT2D eigenvalue weighted by Crippen LogP contribution is -2.86. The van der Waals surface area contributed by atoms with E-state index in [1.807, 2.05) is 45.8 Å². The van der Waals surface area contributed by atoms with Gasteiger partial charge < -0.3 is 86.4 Å². The molecule has 0 aromatic carbocycles. The third-order valence-corrected chi connectivity index (χ3v) is 70.2. The molecular weight excluding hydrogens is 925 g/mol. The Kier molecular flexibility index (Phi) is 9.73. The fraction of sp³-hybridized carbons (Fsp3) is 1.00. The molecule has 0 N–H and O–H groups in total. The molecule has 0 aromatic heterocycles. The van der Waals surface area contributed by atoms with Gasteiger partial charge in [-0.05, 0) is 6.55 Å². The van der Waals surface area contributed by atoms with Crippen LogP contribution in [0, 0.1) is 0 Å². The molecule has 0 amide bonds. The normalized spacial score (nSPS) is 62.9. The second-order valence-corrected chi connectivity index (χ2v) is 55.8. The third kappa shape index (κ3) is 8.08. The van der Waals surface area contributed by atoms with Crippen LogP contribution in [0.25, 0.3) is 0 Å². The van der Waals surface area contributed by atoms with Gasteiger partial charge in [-0.25, -0.2) is 0 Å². The Hall–Kier alpha value is 2.41. The van der Waals surface area contributed by atoms with Crippen LogP contribution in [-0.4, -0.2) is 134 Å². The van der Waals surface area contributed by atoms with Gasteiger partial charge in [0, 0.05) is 85.1 Å². The summed E-state index contributed by atoms with van der Waals surface area (Å²) in [6.45, 7) is 25.1. The fourth-order valence-corrected chi connectivity index (χ4v) is 84.0. The maximum atomic E-state index is 6.45. The van der Waals surface area contributed by atoms with Crippen LogP contribution in [0.5, 0.6) is 0 Å². The van der Waals surface area contributed by atoms with E-state index in [0.717, 1.165) is 0 Å². The van der Waals surface area contributed by atoms with Crippen molar-refractivity contribution in [1.82, 2.24) is 0 Å². The predicted octanol–water partition coefficient (Wildman–Crippen LogP) is -0.0460. The van der Waals surface area contributed by atoms with E-state index in [9.17, 15) is 0 Å². The highest BCUT2D eigenvalue weighted by molar-refractivity contribution is 7.02. The monoisotopic (exact) mass is 970 g/mol. The average Bonchev–Trinajstić information content (AvgIpc) is 2.73. The van der Waals surface area contributed by atoms with E-state index in [1.54, 1.807) is 45.8 Å². The summed E-state index contributed by atoms with van der Waals surface area (Å²) < 4.78 is 131. The molecule has 0 radical (unpaired) electrons. The molecule has 9 aliphatic heterocycles. The van der Waals surface area contributed by atoms with Crippen LogP contribution in [0.15, 0.2) is 0 Å². The molecule has 21 nitrogen and oxygen atoms in total. The zero-order valence-electron chi connectivity index (χ0n) is 30.7. The lowest BCUT2D eigenvalue weighted by Gasteiger charge is -2.60. The van der Waals surface area contributed by atoms with Gasteiger partial charge >= 0.3 is 124 Å². The first-order valence-corrected chi connectivity index (χ1v) is 47.8. The van der Waals surface area contributed by atoms with Crippen molar-refractivity contribution in [3.8, 4) is 0 Å². The molecule has 9 heterocycles. The Morgan fingerprint density at radius 1 is 0.300 bits per heavy atom. The molecule has 288 valence electrons. The van der Waals surface area contributed by atoms with Gasteiger partial charge in [-0.15, -0.1) is 0 Å². The van der Waals surface area contributed by atoms with Gasteiger partial charge in [-0.3, -0.25) is 0 Å². The molecule has 9 saturated heterocycles. The summed E-state index contributed by atoms with van der Waals surface area (Å²) >= 11 is 0. The summed E-state index contributed by atoms with van der Waals surface area (Å²) in [5.74, 6) is 0. The third-order valence-electron chi connectivity index (χ3n) is 7.81. The van der Waals surface area contributed by atoms with Gasteiger partial charge in [0.25, 0.3) is 0 Å². The van der Waals surface area contributed by atoms with E-state index in [2.05, 4.69) is 0 Å². The van der Waals surface area contributed by atoms with Crippen molar-refractivity contribution < 1.29 is 86.4 Å². The Bertz CT molecular complexity index is 1250. The van der Waals surface area contributed by atoms with E-state index in [0.29, 0.717) is 10.5 Å². The number of hydrogen-bond acceptors (Lipinski definition) is 21. The van der Waals surface area contributed by atoms with Gasteiger partial charge in [0.1, 0.15) is 10.5 Å². The Morgan fingerprint density at radius 3 is 0.640 bits per heavy atom. The predicted molar refractivity (Wildman–Crippen MR) is 197 cm³/mol. The van der Waals surface area contributed by atoms with E-state index in [-0.39, 0.29) is 0 Å². The van der Waals surface area contributed by atoms with Gasteiger partial charge in [-0.2, -0.15) is 0 Å². The summed E-state index contributed by atoms with van der Waals surface area (Å²) in [5.41, 5.74) is 0. The molecule has 9 fully saturated rings. The Morgan fingerprint density at radius 2 is 0.460 bits per heavy atom. The summed E-state index contributed by atoms with van der Waals surface area (Å²) in [5, 5.41) is 0. The van der Waals surface area contributed by atoms with Crippen LogP contribution in [0.4, 0.5) is 0 Å². The molecule has 9 aliphatic rings. The van der Waals surface area contributed by atoms with Crippen molar-refractivity contribution >= 4 is 134 Å². The molecule has 0 spiro atoms. The highest BCUT2D eigenvalue weighted by atomic mass is 28.6. The van der Waals surface area contributed by atoms with Crippen LogP contribution >= 0.6 is 0 Å². The Balaban J connectivity index is 0.000000165. The van der Waals surface area contributed by atoms with Gasteiger partial charge in [0.2, 0.25) is 0 Å². The molecule has 0 saturated carbocycles. The number of hydrogen-bond donors (Lipinski definition) is 0.